The van der Waals surface area contributed by atoms with Crippen molar-refractivity contribution in [2.75, 3.05) is 0 Å². The zero-order chi connectivity index (χ0) is 17.0. The van der Waals surface area contributed by atoms with Crippen LogP contribution < -0.4 is 5.32 Å². The number of hydrogen-bond donors (Lipinski definition) is 1. The standard InChI is InChI=1S/C18H27NO3/c1-17(2,3)15(20)14(12-13-10-8-7-9-11-13)19-16(21)22-18(4,5)6/h7-11,14H,12H2,1-6H3,(H,19,21)/t14-/m1/s1. The molecule has 0 aliphatic carbocycles. The molecule has 0 heterocycles. The number of nitrogens with one attached hydrogen (secondary N) is 1. The Morgan fingerprint density at radius 1 is 1.05 bits per heavy atom. The molecule has 0 fully saturated rings. The molecule has 0 aromatic heterocycles. The lowest BCUT2D eigenvalue weighted by Crippen LogP contribution is -2.48. The topological polar surface area (TPSA) is 55.4 Å². The molecular formula is C18H27NO3. The van der Waals surface area contributed by atoms with Crippen LogP contribution in [0.1, 0.15) is 47.1 Å². The molecule has 0 radical (unpaired) electrons. The first-order valence-electron chi connectivity index (χ1n) is 7.57. The van der Waals surface area contributed by atoms with E-state index in [1.807, 2.05) is 51.1 Å². The molecule has 1 atom stereocenters. The summed E-state index contributed by atoms with van der Waals surface area (Å²) in [5, 5.41) is 2.72. The Hall–Kier alpha value is -1.84. The summed E-state index contributed by atoms with van der Waals surface area (Å²) in [5.41, 5.74) is -0.123. The lowest BCUT2D eigenvalue weighted by Gasteiger charge is -2.27. The third-order valence-electron chi connectivity index (χ3n) is 3.03. The summed E-state index contributed by atoms with van der Waals surface area (Å²) in [6.07, 6.45) is -0.109. The molecule has 0 aliphatic rings. The average molecular weight is 305 g/mol. The molecular weight excluding hydrogens is 278 g/mol. The van der Waals surface area contributed by atoms with E-state index in [9.17, 15) is 9.59 Å². The largest absolute Gasteiger partial charge is 0.444 e. The molecule has 122 valence electrons. The Bertz CT molecular complexity index is 509. The van der Waals surface area contributed by atoms with E-state index < -0.39 is 23.2 Å². The van der Waals surface area contributed by atoms with Gasteiger partial charge in [-0.3, -0.25) is 4.79 Å². The molecule has 0 bridgehead atoms. The van der Waals surface area contributed by atoms with Crippen molar-refractivity contribution in [2.24, 2.45) is 5.41 Å². The number of Topliss-reactive ketones (excluding diaryl/α,β-unsaturated/α-hetero) is 1. The van der Waals surface area contributed by atoms with Crippen molar-refractivity contribution in [1.82, 2.24) is 5.32 Å². The van der Waals surface area contributed by atoms with Gasteiger partial charge >= 0.3 is 6.09 Å². The highest BCUT2D eigenvalue weighted by Crippen LogP contribution is 2.19. The number of ether oxygens (including phenoxy) is 1. The van der Waals surface area contributed by atoms with Gasteiger partial charge in [0.25, 0.3) is 0 Å². The Labute approximate surface area is 133 Å². The van der Waals surface area contributed by atoms with E-state index >= 15 is 0 Å². The average Bonchev–Trinajstić information content (AvgIpc) is 2.35. The van der Waals surface area contributed by atoms with Crippen LogP contribution in [0.4, 0.5) is 4.79 Å². The fourth-order valence-electron chi connectivity index (χ4n) is 2.03. The van der Waals surface area contributed by atoms with Crippen LogP contribution in [0.5, 0.6) is 0 Å². The van der Waals surface area contributed by atoms with Gasteiger partial charge in [-0.15, -0.1) is 0 Å². The van der Waals surface area contributed by atoms with Crippen LogP contribution in [0, 0.1) is 5.41 Å². The predicted octanol–water partition coefficient (Wildman–Crippen LogP) is 3.74. The lowest BCUT2D eigenvalue weighted by molar-refractivity contribution is -0.128. The molecule has 1 aromatic carbocycles. The second-order valence-electron chi connectivity index (χ2n) is 7.50. The summed E-state index contributed by atoms with van der Waals surface area (Å²) < 4.78 is 5.27. The summed E-state index contributed by atoms with van der Waals surface area (Å²) >= 11 is 0. The smallest absolute Gasteiger partial charge is 0.408 e. The van der Waals surface area contributed by atoms with Gasteiger partial charge in [-0.05, 0) is 32.8 Å². The number of carbonyl (C=O) groups is 2. The van der Waals surface area contributed by atoms with E-state index in [1.54, 1.807) is 20.8 Å². The van der Waals surface area contributed by atoms with Crippen molar-refractivity contribution in [3.63, 3.8) is 0 Å². The quantitative estimate of drug-likeness (QED) is 0.922. The summed E-state index contributed by atoms with van der Waals surface area (Å²) in [7, 11) is 0. The second-order valence-corrected chi connectivity index (χ2v) is 7.50. The van der Waals surface area contributed by atoms with Crippen molar-refractivity contribution in [3.05, 3.63) is 35.9 Å². The Balaban J connectivity index is 2.88. The number of benzene rings is 1. The van der Waals surface area contributed by atoms with Gasteiger partial charge in [0.1, 0.15) is 5.60 Å². The minimum atomic E-state index is -0.600. The number of alkyl carbamates (subject to hydrolysis) is 1. The monoisotopic (exact) mass is 305 g/mol. The van der Waals surface area contributed by atoms with Crippen molar-refractivity contribution in [2.45, 2.75) is 59.6 Å². The Morgan fingerprint density at radius 2 is 1.59 bits per heavy atom. The number of amides is 1. The third kappa shape index (κ3) is 6.29. The zero-order valence-corrected chi connectivity index (χ0v) is 14.4. The van der Waals surface area contributed by atoms with Gasteiger partial charge < -0.3 is 10.1 Å². The van der Waals surface area contributed by atoms with Gasteiger partial charge in [0.2, 0.25) is 0 Å². The van der Waals surface area contributed by atoms with Gasteiger partial charge in [0.05, 0.1) is 6.04 Å². The first kappa shape index (κ1) is 18.2. The molecule has 1 N–H and O–H groups in total. The van der Waals surface area contributed by atoms with Gasteiger partial charge in [0.15, 0.2) is 5.78 Å². The third-order valence-corrected chi connectivity index (χ3v) is 3.03. The molecule has 0 unspecified atom stereocenters. The van der Waals surface area contributed by atoms with Crippen LogP contribution in [0.2, 0.25) is 0 Å². The van der Waals surface area contributed by atoms with Gasteiger partial charge in [-0.1, -0.05) is 51.1 Å². The molecule has 1 rings (SSSR count). The highest BCUT2D eigenvalue weighted by atomic mass is 16.6. The van der Waals surface area contributed by atoms with E-state index in [1.165, 1.54) is 0 Å². The number of ketones is 1. The van der Waals surface area contributed by atoms with Crippen molar-refractivity contribution >= 4 is 11.9 Å². The maximum Gasteiger partial charge on any atom is 0.408 e. The van der Waals surface area contributed by atoms with Crippen LogP contribution in [0.15, 0.2) is 30.3 Å². The van der Waals surface area contributed by atoms with Gasteiger partial charge in [0, 0.05) is 5.41 Å². The molecule has 4 heteroatoms. The van der Waals surface area contributed by atoms with E-state index in [0.717, 1.165) is 5.56 Å². The van der Waals surface area contributed by atoms with Crippen LogP contribution in [-0.2, 0) is 16.0 Å². The number of hydrogen-bond acceptors (Lipinski definition) is 3. The fraction of sp³-hybridized carbons (Fsp3) is 0.556. The summed E-state index contributed by atoms with van der Waals surface area (Å²) in [5.74, 6) is -0.0118. The SMILES string of the molecule is CC(C)(C)OC(=O)N[C@H](Cc1ccccc1)C(=O)C(C)(C)C. The van der Waals surface area contributed by atoms with Crippen LogP contribution in [0.25, 0.3) is 0 Å². The molecule has 0 saturated heterocycles. The number of carbonyl (C=O) groups excluding carboxylic acids is 2. The van der Waals surface area contributed by atoms with Crippen LogP contribution in [-0.4, -0.2) is 23.5 Å². The van der Waals surface area contributed by atoms with E-state index in [0.29, 0.717) is 6.42 Å². The molecule has 1 aromatic rings. The van der Waals surface area contributed by atoms with E-state index in [2.05, 4.69) is 5.32 Å². The molecule has 1 amide bonds. The van der Waals surface area contributed by atoms with Gasteiger partial charge in [-0.2, -0.15) is 0 Å². The van der Waals surface area contributed by atoms with Crippen molar-refractivity contribution < 1.29 is 14.3 Å². The van der Waals surface area contributed by atoms with Crippen LogP contribution in [0.3, 0.4) is 0 Å². The minimum Gasteiger partial charge on any atom is -0.444 e. The summed E-state index contributed by atoms with van der Waals surface area (Å²) in [6, 6.07) is 9.05. The van der Waals surface area contributed by atoms with E-state index in [-0.39, 0.29) is 5.78 Å². The maximum atomic E-state index is 12.6. The molecule has 4 nitrogen and oxygen atoms in total. The summed E-state index contributed by atoms with van der Waals surface area (Å²) in [6.45, 7) is 10.9. The lowest BCUT2D eigenvalue weighted by atomic mass is 9.84. The minimum absolute atomic E-state index is 0.0118. The van der Waals surface area contributed by atoms with Gasteiger partial charge in [-0.25, -0.2) is 4.79 Å². The fourth-order valence-corrected chi connectivity index (χ4v) is 2.03. The van der Waals surface area contributed by atoms with Crippen molar-refractivity contribution in [3.8, 4) is 0 Å². The number of rotatable bonds is 4. The molecule has 22 heavy (non-hydrogen) atoms. The molecule has 0 saturated carbocycles. The second kappa shape index (κ2) is 6.95. The summed E-state index contributed by atoms with van der Waals surface area (Å²) in [4.78, 5) is 24.6. The maximum absolute atomic E-state index is 12.6. The molecule has 0 spiro atoms. The molecule has 0 aliphatic heterocycles. The van der Waals surface area contributed by atoms with Crippen LogP contribution >= 0.6 is 0 Å². The first-order valence-corrected chi connectivity index (χ1v) is 7.57. The Morgan fingerprint density at radius 3 is 2.05 bits per heavy atom. The van der Waals surface area contributed by atoms with Crippen molar-refractivity contribution in [1.29, 1.82) is 0 Å². The normalized spacial score (nSPS) is 13.4. The Kier molecular flexibility index (Phi) is 5.75. The zero-order valence-electron chi connectivity index (χ0n) is 14.4. The first-order chi connectivity index (χ1) is 9.99. The highest BCUT2D eigenvalue weighted by molar-refractivity contribution is 5.91. The van der Waals surface area contributed by atoms with E-state index in [4.69, 9.17) is 4.74 Å². The highest BCUT2D eigenvalue weighted by Gasteiger charge is 2.32. The predicted molar refractivity (Wildman–Crippen MR) is 87.8 cm³/mol.